The minimum absolute atomic E-state index is 0.0665. The largest absolute Gasteiger partial charge is 0.494 e. The molecule has 170 valence electrons. The van der Waals surface area contributed by atoms with Crippen LogP contribution >= 0.6 is 0 Å². The van der Waals surface area contributed by atoms with Crippen LogP contribution in [0.2, 0.25) is 0 Å². The van der Waals surface area contributed by atoms with Gasteiger partial charge in [-0.3, -0.25) is 14.6 Å². The molecule has 0 aliphatic heterocycles. The highest BCUT2D eigenvalue weighted by Gasteiger charge is 2.11. The fourth-order valence-corrected chi connectivity index (χ4v) is 3.77. The summed E-state index contributed by atoms with van der Waals surface area (Å²) in [6, 6.07) is 15.6. The molecule has 2 aromatic carbocycles. The van der Waals surface area contributed by atoms with Gasteiger partial charge in [0.05, 0.1) is 17.3 Å². The van der Waals surface area contributed by atoms with Crippen LogP contribution in [0.4, 0.5) is 11.5 Å². The molecule has 0 unspecified atom stereocenters. The van der Waals surface area contributed by atoms with Gasteiger partial charge in [-0.15, -0.1) is 0 Å². The first kappa shape index (κ1) is 21.2. The van der Waals surface area contributed by atoms with E-state index in [1.165, 1.54) is 6.20 Å². The maximum Gasteiger partial charge on any atom is 0.258 e. The molecule has 0 fully saturated rings. The van der Waals surface area contributed by atoms with E-state index in [1.807, 2.05) is 55.5 Å². The fourth-order valence-electron chi connectivity index (χ4n) is 3.77. The number of aromatic nitrogens is 5. The molecule has 0 aliphatic carbocycles. The Labute approximate surface area is 195 Å². The van der Waals surface area contributed by atoms with Crippen molar-refractivity contribution in [2.75, 3.05) is 5.32 Å². The minimum Gasteiger partial charge on any atom is -0.494 e. The van der Waals surface area contributed by atoms with Gasteiger partial charge in [-0.1, -0.05) is 18.2 Å². The zero-order valence-corrected chi connectivity index (χ0v) is 18.7. The van der Waals surface area contributed by atoms with Crippen LogP contribution in [-0.2, 0) is 13.5 Å². The highest BCUT2D eigenvalue weighted by molar-refractivity contribution is 6.04. The predicted octanol–water partition coefficient (Wildman–Crippen LogP) is 4.23. The van der Waals surface area contributed by atoms with Crippen LogP contribution in [0.3, 0.4) is 0 Å². The molecular formula is C25H23N7O2. The van der Waals surface area contributed by atoms with Crippen LogP contribution in [-0.4, -0.2) is 42.2 Å². The minimum atomic E-state index is -0.197. The molecule has 0 aliphatic rings. The van der Waals surface area contributed by atoms with Gasteiger partial charge in [-0.05, 0) is 48.7 Å². The molecular weight excluding hydrogens is 430 g/mol. The summed E-state index contributed by atoms with van der Waals surface area (Å²) in [6.07, 6.45) is 5.53. The standard InChI is InChI=1S/C25H23N7O2/c1-15-9-23(31-30-15)26-13-21-20-11-17(5-8-22(20)29-25(21)34)10-16-3-6-19(7-4-16)28-24(33)18-12-27-32(2)14-18/h3-9,11-14,29,34H,10H2,1-2H3,(H,28,33)(H,30,31). The summed E-state index contributed by atoms with van der Waals surface area (Å²) in [5, 5.41) is 25.1. The molecule has 9 heteroatoms. The van der Waals surface area contributed by atoms with Crippen LogP contribution in [0.25, 0.3) is 10.9 Å². The lowest BCUT2D eigenvalue weighted by Crippen LogP contribution is -2.11. The molecule has 3 aromatic heterocycles. The van der Waals surface area contributed by atoms with Gasteiger partial charge < -0.3 is 15.4 Å². The SMILES string of the molecule is Cc1cc(N=Cc2c(O)[nH]c3ccc(Cc4ccc(NC(=O)c5cnn(C)c5)cc4)cc23)n[nH]1. The van der Waals surface area contributed by atoms with Crippen LogP contribution in [0.1, 0.15) is 32.7 Å². The van der Waals surface area contributed by atoms with Gasteiger partial charge >= 0.3 is 0 Å². The molecule has 0 radical (unpaired) electrons. The van der Waals surface area contributed by atoms with E-state index in [4.69, 9.17) is 0 Å². The second-order valence-electron chi connectivity index (χ2n) is 8.17. The second kappa shape index (κ2) is 8.70. The van der Waals surface area contributed by atoms with E-state index < -0.39 is 0 Å². The number of aromatic hydroxyl groups is 1. The number of hydrogen-bond donors (Lipinski definition) is 4. The number of nitrogens with one attached hydrogen (secondary N) is 3. The molecule has 0 saturated carbocycles. The first-order chi connectivity index (χ1) is 16.4. The van der Waals surface area contributed by atoms with Crippen molar-refractivity contribution in [3.8, 4) is 5.88 Å². The number of aromatic amines is 2. The number of hydrogen-bond acceptors (Lipinski definition) is 5. The molecule has 0 spiro atoms. The molecule has 1 amide bonds. The highest BCUT2D eigenvalue weighted by atomic mass is 16.3. The monoisotopic (exact) mass is 453 g/mol. The summed E-state index contributed by atoms with van der Waals surface area (Å²) in [4.78, 5) is 19.7. The van der Waals surface area contributed by atoms with E-state index in [0.29, 0.717) is 23.4 Å². The normalized spacial score (nSPS) is 11.5. The number of carbonyl (C=O) groups is 1. The number of nitrogens with zero attached hydrogens (tertiary/aromatic N) is 4. The van der Waals surface area contributed by atoms with Crippen LogP contribution in [0, 0.1) is 6.92 Å². The number of aryl methyl sites for hydroxylation is 2. The molecule has 0 atom stereocenters. The maximum absolute atomic E-state index is 12.3. The maximum atomic E-state index is 12.3. The lowest BCUT2D eigenvalue weighted by molar-refractivity contribution is 0.102. The summed E-state index contributed by atoms with van der Waals surface area (Å²) in [7, 11) is 1.77. The number of anilines is 1. The topological polar surface area (TPSA) is 124 Å². The summed E-state index contributed by atoms with van der Waals surface area (Å²) in [6.45, 7) is 1.91. The van der Waals surface area contributed by atoms with Crippen molar-refractivity contribution in [1.29, 1.82) is 0 Å². The molecule has 3 heterocycles. The van der Waals surface area contributed by atoms with Crippen molar-refractivity contribution in [1.82, 2.24) is 25.0 Å². The molecule has 5 rings (SSSR count). The average molecular weight is 454 g/mol. The number of fused-ring (bicyclic) bond motifs is 1. The van der Waals surface area contributed by atoms with Crippen molar-refractivity contribution in [3.63, 3.8) is 0 Å². The van der Waals surface area contributed by atoms with Crippen molar-refractivity contribution in [3.05, 3.63) is 88.9 Å². The quantitative estimate of drug-likeness (QED) is 0.287. The number of amides is 1. The molecule has 0 bridgehead atoms. The van der Waals surface area contributed by atoms with Crippen molar-refractivity contribution >= 4 is 34.5 Å². The van der Waals surface area contributed by atoms with Gasteiger partial charge in [-0.2, -0.15) is 10.2 Å². The van der Waals surface area contributed by atoms with Crippen molar-refractivity contribution in [2.45, 2.75) is 13.3 Å². The zero-order valence-electron chi connectivity index (χ0n) is 18.7. The number of carbonyl (C=O) groups excluding carboxylic acids is 1. The van der Waals surface area contributed by atoms with Crippen LogP contribution in [0.5, 0.6) is 5.88 Å². The summed E-state index contributed by atoms with van der Waals surface area (Å²) < 4.78 is 1.59. The van der Waals surface area contributed by atoms with Gasteiger partial charge in [-0.25, -0.2) is 4.99 Å². The molecule has 5 aromatic rings. The molecule has 9 nitrogen and oxygen atoms in total. The Hall–Kier alpha value is -4.66. The summed E-state index contributed by atoms with van der Waals surface area (Å²) >= 11 is 0. The summed E-state index contributed by atoms with van der Waals surface area (Å²) in [5.74, 6) is 0.424. The van der Waals surface area contributed by atoms with E-state index in [-0.39, 0.29) is 11.8 Å². The Morgan fingerprint density at radius 2 is 1.97 bits per heavy atom. The Morgan fingerprint density at radius 3 is 2.68 bits per heavy atom. The zero-order chi connectivity index (χ0) is 23.7. The Kier molecular flexibility index (Phi) is 5.43. The van der Waals surface area contributed by atoms with E-state index in [9.17, 15) is 9.90 Å². The van der Waals surface area contributed by atoms with Crippen LogP contribution in [0.15, 0.2) is 65.9 Å². The first-order valence-electron chi connectivity index (χ1n) is 10.7. The van der Waals surface area contributed by atoms with Crippen molar-refractivity contribution in [2.24, 2.45) is 12.0 Å². The number of benzene rings is 2. The fraction of sp³-hybridized carbons (Fsp3) is 0.120. The van der Waals surface area contributed by atoms with Gasteiger partial charge in [0.15, 0.2) is 11.7 Å². The van der Waals surface area contributed by atoms with E-state index in [1.54, 1.807) is 24.1 Å². The number of rotatable bonds is 6. The Bertz CT molecular complexity index is 1510. The predicted molar refractivity (Wildman–Crippen MR) is 131 cm³/mol. The van der Waals surface area contributed by atoms with Crippen molar-refractivity contribution < 1.29 is 9.90 Å². The molecule has 0 saturated heterocycles. The van der Waals surface area contributed by atoms with Gasteiger partial charge in [0.2, 0.25) is 0 Å². The third-order valence-corrected chi connectivity index (χ3v) is 5.49. The lowest BCUT2D eigenvalue weighted by atomic mass is 10.0. The highest BCUT2D eigenvalue weighted by Crippen LogP contribution is 2.28. The number of aliphatic imine (C=N–C) groups is 1. The van der Waals surface area contributed by atoms with E-state index in [0.717, 1.165) is 33.4 Å². The third-order valence-electron chi connectivity index (χ3n) is 5.49. The first-order valence-corrected chi connectivity index (χ1v) is 10.7. The molecule has 34 heavy (non-hydrogen) atoms. The van der Waals surface area contributed by atoms with Gasteiger partial charge in [0, 0.05) is 47.8 Å². The van der Waals surface area contributed by atoms with Gasteiger partial charge in [0.1, 0.15) is 0 Å². The third kappa shape index (κ3) is 4.44. The Balaban J connectivity index is 1.32. The average Bonchev–Trinajstić information content (AvgIpc) is 3.52. The smallest absolute Gasteiger partial charge is 0.258 e. The van der Waals surface area contributed by atoms with E-state index >= 15 is 0 Å². The lowest BCUT2D eigenvalue weighted by Gasteiger charge is -2.06. The van der Waals surface area contributed by atoms with Gasteiger partial charge in [0.25, 0.3) is 5.91 Å². The second-order valence-corrected chi connectivity index (χ2v) is 8.17. The molecule has 4 N–H and O–H groups in total. The summed E-state index contributed by atoms with van der Waals surface area (Å²) in [5.41, 5.74) is 5.78. The Morgan fingerprint density at radius 1 is 1.18 bits per heavy atom. The number of H-pyrrole nitrogens is 2. The van der Waals surface area contributed by atoms with E-state index in [2.05, 4.69) is 30.6 Å². The van der Waals surface area contributed by atoms with Crippen LogP contribution < -0.4 is 5.32 Å².